The van der Waals surface area contributed by atoms with Gasteiger partial charge >= 0.3 is 0 Å². The van der Waals surface area contributed by atoms with E-state index in [0.717, 1.165) is 11.3 Å². The first kappa shape index (κ1) is 13.1. The maximum Gasteiger partial charge on any atom is 0.248 e. The Hall–Kier alpha value is -1.00. The lowest BCUT2D eigenvalue weighted by Gasteiger charge is -2.13. The molecule has 3 N–H and O–H groups in total. The third-order valence-electron chi connectivity index (χ3n) is 2.43. The molecule has 4 heteroatoms. The quantitative estimate of drug-likeness (QED) is 0.823. The van der Waals surface area contributed by atoms with Crippen LogP contribution < -0.4 is 5.73 Å². The Morgan fingerprint density at radius 3 is 2.38 bits per heavy atom. The van der Waals surface area contributed by atoms with Crippen LogP contribution in [0.25, 0.3) is 0 Å². The average molecular weight is 239 g/mol. The van der Waals surface area contributed by atoms with Crippen LogP contribution >= 0.6 is 11.8 Å². The van der Waals surface area contributed by atoms with Gasteiger partial charge < -0.3 is 10.8 Å². The fraction of sp³-hybridized carbons (Fsp3) is 0.417. The second-order valence-corrected chi connectivity index (χ2v) is 5.18. The molecule has 1 amide bonds. The topological polar surface area (TPSA) is 63.3 Å². The Balaban J connectivity index is 2.53. The number of benzene rings is 1. The number of aliphatic hydroxyl groups excluding tert-OH is 1. The number of primary amides is 1. The van der Waals surface area contributed by atoms with Crippen molar-refractivity contribution in [2.45, 2.75) is 31.0 Å². The smallest absolute Gasteiger partial charge is 0.248 e. The van der Waals surface area contributed by atoms with Crippen LogP contribution in [0, 0.1) is 0 Å². The van der Waals surface area contributed by atoms with Crippen LogP contribution in [0.4, 0.5) is 0 Å². The summed E-state index contributed by atoms with van der Waals surface area (Å²) in [5.74, 6) is 0.419. The predicted molar refractivity (Wildman–Crippen MR) is 67.4 cm³/mol. The van der Waals surface area contributed by atoms with Crippen LogP contribution in [0.5, 0.6) is 0 Å². The Kier molecular flexibility index (Phi) is 4.83. The van der Waals surface area contributed by atoms with Crippen LogP contribution in [-0.4, -0.2) is 22.4 Å². The van der Waals surface area contributed by atoms with Gasteiger partial charge in [-0.15, -0.1) is 0 Å². The van der Waals surface area contributed by atoms with Gasteiger partial charge in [0.1, 0.15) is 0 Å². The molecule has 16 heavy (non-hydrogen) atoms. The molecule has 0 aromatic heterocycles. The summed E-state index contributed by atoms with van der Waals surface area (Å²) in [6, 6.07) is 7.24. The highest BCUT2D eigenvalue weighted by atomic mass is 32.2. The normalized spacial score (nSPS) is 14.4. The van der Waals surface area contributed by atoms with Gasteiger partial charge in [0.2, 0.25) is 5.91 Å². The van der Waals surface area contributed by atoms with E-state index in [1.165, 1.54) is 0 Å². The number of thioether (sulfide) groups is 1. The van der Waals surface area contributed by atoms with Crippen LogP contribution in [0.2, 0.25) is 0 Å². The van der Waals surface area contributed by atoms with Gasteiger partial charge in [-0.1, -0.05) is 19.1 Å². The van der Waals surface area contributed by atoms with E-state index >= 15 is 0 Å². The molecular weight excluding hydrogens is 222 g/mol. The first-order valence-corrected chi connectivity index (χ1v) is 6.24. The summed E-state index contributed by atoms with van der Waals surface area (Å²) in [6.07, 6.45) is -0.310. The number of hydrogen-bond donors (Lipinski definition) is 2. The van der Waals surface area contributed by atoms with Gasteiger partial charge in [-0.2, -0.15) is 11.8 Å². The van der Waals surface area contributed by atoms with Gasteiger partial charge in [0.05, 0.1) is 6.10 Å². The van der Waals surface area contributed by atoms with Crippen molar-refractivity contribution in [2.24, 2.45) is 5.73 Å². The summed E-state index contributed by atoms with van der Waals surface area (Å²) in [5, 5.41) is 9.54. The molecule has 0 spiro atoms. The number of carbonyl (C=O) groups is 1. The van der Waals surface area contributed by atoms with Crippen LogP contribution in [0.15, 0.2) is 24.3 Å². The minimum atomic E-state index is -0.406. The van der Waals surface area contributed by atoms with E-state index in [1.807, 2.05) is 19.1 Å². The van der Waals surface area contributed by atoms with Crippen molar-refractivity contribution in [3.8, 4) is 0 Å². The fourth-order valence-electron chi connectivity index (χ4n) is 1.13. The summed E-state index contributed by atoms with van der Waals surface area (Å²) in [7, 11) is 0. The molecule has 0 saturated carbocycles. The summed E-state index contributed by atoms with van der Waals surface area (Å²) in [6.45, 7) is 3.78. The molecule has 0 fully saturated rings. The van der Waals surface area contributed by atoms with Crippen molar-refractivity contribution >= 4 is 17.7 Å². The van der Waals surface area contributed by atoms with Crippen LogP contribution in [0.3, 0.4) is 0 Å². The van der Waals surface area contributed by atoms with Crippen molar-refractivity contribution in [3.63, 3.8) is 0 Å². The lowest BCUT2D eigenvalue weighted by atomic mass is 10.1. The molecule has 0 radical (unpaired) electrons. The molecule has 2 atom stereocenters. The molecule has 2 unspecified atom stereocenters. The maximum atomic E-state index is 10.9. The molecule has 1 aromatic carbocycles. The molecule has 0 heterocycles. The molecular formula is C12H17NO2S. The maximum absolute atomic E-state index is 10.9. The molecule has 88 valence electrons. The van der Waals surface area contributed by atoms with E-state index in [0.29, 0.717) is 5.56 Å². The van der Waals surface area contributed by atoms with Gasteiger partial charge in [-0.25, -0.2) is 0 Å². The standard InChI is InChI=1S/C12H17NO2S/c1-8(14)9(2)16-7-10-3-5-11(6-4-10)12(13)15/h3-6,8-9,14H,7H2,1-2H3,(H2,13,15). The van der Waals surface area contributed by atoms with Crippen molar-refractivity contribution in [1.82, 2.24) is 0 Å². The van der Waals surface area contributed by atoms with Gasteiger partial charge in [0, 0.05) is 16.6 Å². The molecule has 1 rings (SSSR count). The van der Waals surface area contributed by atoms with E-state index in [1.54, 1.807) is 30.8 Å². The van der Waals surface area contributed by atoms with E-state index < -0.39 is 5.91 Å². The monoisotopic (exact) mass is 239 g/mol. The minimum Gasteiger partial charge on any atom is -0.392 e. The first-order valence-electron chi connectivity index (χ1n) is 5.19. The van der Waals surface area contributed by atoms with Crippen molar-refractivity contribution in [3.05, 3.63) is 35.4 Å². The van der Waals surface area contributed by atoms with E-state index in [-0.39, 0.29) is 11.4 Å². The number of hydrogen-bond acceptors (Lipinski definition) is 3. The highest BCUT2D eigenvalue weighted by molar-refractivity contribution is 7.99. The van der Waals surface area contributed by atoms with E-state index in [2.05, 4.69) is 0 Å². The van der Waals surface area contributed by atoms with E-state index in [4.69, 9.17) is 5.73 Å². The number of aliphatic hydroxyl groups is 1. The summed E-state index contributed by atoms with van der Waals surface area (Å²) in [5.41, 5.74) is 6.80. The molecule has 0 aliphatic rings. The molecule has 0 aliphatic carbocycles. The summed E-state index contributed by atoms with van der Waals surface area (Å²) < 4.78 is 0. The van der Waals surface area contributed by atoms with Crippen molar-refractivity contribution < 1.29 is 9.90 Å². The van der Waals surface area contributed by atoms with Crippen molar-refractivity contribution in [1.29, 1.82) is 0 Å². The fourth-order valence-corrected chi connectivity index (χ4v) is 2.06. The van der Waals surface area contributed by atoms with Gasteiger partial charge in [0.25, 0.3) is 0 Å². The third kappa shape index (κ3) is 3.87. The lowest BCUT2D eigenvalue weighted by molar-refractivity contribution is 0.100. The highest BCUT2D eigenvalue weighted by Crippen LogP contribution is 2.20. The van der Waals surface area contributed by atoms with Crippen LogP contribution in [-0.2, 0) is 5.75 Å². The van der Waals surface area contributed by atoms with E-state index in [9.17, 15) is 9.90 Å². The molecule has 1 aromatic rings. The minimum absolute atomic E-state index is 0.204. The van der Waals surface area contributed by atoms with Gasteiger partial charge in [-0.3, -0.25) is 4.79 Å². The number of rotatable bonds is 5. The lowest BCUT2D eigenvalue weighted by Crippen LogP contribution is -2.15. The van der Waals surface area contributed by atoms with Crippen molar-refractivity contribution in [2.75, 3.05) is 0 Å². The zero-order chi connectivity index (χ0) is 12.1. The Morgan fingerprint density at radius 1 is 1.38 bits per heavy atom. The Morgan fingerprint density at radius 2 is 1.94 bits per heavy atom. The Bertz CT molecular complexity index is 349. The largest absolute Gasteiger partial charge is 0.392 e. The molecule has 0 saturated heterocycles. The predicted octanol–water partition coefficient (Wildman–Crippen LogP) is 1.79. The summed E-state index contributed by atoms with van der Waals surface area (Å²) >= 11 is 1.69. The van der Waals surface area contributed by atoms with Gasteiger partial charge in [0.15, 0.2) is 0 Å². The average Bonchev–Trinajstić information content (AvgIpc) is 2.26. The molecule has 0 bridgehead atoms. The first-order chi connectivity index (χ1) is 7.50. The SMILES string of the molecule is CC(O)C(C)SCc1ccc(C(N)=O)cc1. The zero-order valence-corrected chi connectivity index (χ0v) is 10.3. The molecule has 0 aliphatic heterocycles. The number of amides is 1. The highest BCUT2D eigenvalue weighted by Gasteiger charge is 2.09. The number of nitrogens with two attached hydrogens (primary N) is 1. The third-order valence-corrected chi connectivity index (χ3v) is 3.85. The van der Waals surface area contributed by atoms with Gasteiger partial charge in [-0.05, 0) is 24.6 Å². The van der Waals surface area contributed by atoms with Crippen LogP contribution in [0.1, 0.15) is 29.8 Å². The molecule has 3 nitrogen and oxygen atoms in total. The second-order valence-electron chi connectivity index (χ2n) is 3.82. The zero-order valence-electron chi connectivity index (χ0n) is 9.51. The summed E-state index contributed by atoms with van der Waals surface area (Å²) in [4.78, 5) is 10.9. The number of carbonyl (C=O) groups excluding carboxylic acids is 1. The Labute approximate surface area is 100 Å². The second kappa shape index (κ2) is 5.92.